The molecule has 0 unspecified atom stereocenters. The average molecular weight is 300 g/mol. The number of nitrogens with zero attached hydrogens (tertiary/aromatic N) is 1. The molecule has 0 heterocycles. The standard InChI is InChI=1S/C14H18ClNO4/c1-9-7-11(15)5-6-12(9)19-8-13(17)20-10(2)14(18)16(3)4/h5-7,10H,8H2,1-4H3/t10-/m0/s1. The Hall–Kier alpha value is -1.75. The fraction of sp³-hybridized carbons (Fsp3) is 0.429. The number of hydrogen-bond donors (Lipinski definition) is 0. The maximum absolute atomic E-state index is 11.6. The van der Waals surface area contributed by atoms with Crippen LogP contribution in [0.4, 0.5) is 0 Å². The summed E-state index contributed by atoms with van der Waals surface area (Å²) in [6, 6.07) is 5.09. The molecule has 0 aliphatic carbocycles. The molecule has 1 rings (SSSR count). The summed E-state index contributed by atoms with van der Waals surface area (Å²) in [7, 11) is 3.19. The smallest absolute Gasteiger partial charge is 0.344 e. The Morgan fingerprint density at radius 3 is 2.55 bits per heavy atom. The second-order valence-electron chi connectivity index (χ2n) is 4.56. The van der Waals surface area contributed by atoms with Gasteiger partial charge in [0.15, 0.2) is 12.7 Å². The van der Waals surface area contributed by atoms with Crippen molar-refractivity contribution in [2.75, 3.05) is 20.7 Å². The molecule has 0 saturated carbocycles. The maximum atomic E-state index is 11.6. The summed E-state index contributed by atoms with van der Waals surface area (Å²) in [5, 5.41) is 0.600. The van der Waals surface area contributed by atoms with Gasteiger partial charge in [0.25, 0.3) is 5.91 Å². The van der Waals surface area contributed by atoms with E-state index in [1.165, 1.54) is 11.8 Å². The minimum atomic E-state index is -0.826. The van der Waals surface area contributed by atoms with Crippen molar-refractivity contribution in [1.82, 2.24) is 4.90 Å². The van der Waals surface area contributed by atoms with Gasteiger partial charge in [0.05, 0.1) is 0 Å². The highest BCUT2D eigenvalue weighted by atomic mass is 35.5. The van der Waals surface area contributed by atoms with Gasteiger partial charge in [0.2, 0.25) is 0 Å². The average Bonchev–Trinajstić information content (AvgIpc) is 2.36. The van der Waals surface area contributed by atoms with Crippen LogP contribution in [0.15, 0.2) is 18.2 Å². The molecule has 0 radical (unpaired) electrons. The van der Waals surface area contributed by atoms with Crippen LogP contribution in [0.1, 0.15) is 12.5 Å². The molecule has 1 atom stereocenters. The van der Waals surface area contributed by atoms with E-state index in [0.717, 1.165) is 5.56 Å². The number of halogens is 1. The summed E-state index contributed by atoms with van der Waals surface area (Å²) < 4.78 is 10.3. The number of rotatable bonds is 5. The van der Waals surface area contributed by atoms with Crippen molar-refractivity contribution in [2.45, 2.75) is 20.0 Å². The number of carbonyl (C=O) groups is 2. The van der Waals surface area contributed by atoms with E-state index in [1.54, 1.807) is 32.3 Å². The van der Waals surface area contributed by atoms with Gasteiger partial charge in [0.1, 0.15) is 5.75 Å². The van der Waals surface area contributed by atoms with Crippen LogP contribution in [-0.2, 0) is 14.3 Å². The van der Waals surface area contributed by atoms with Gasteiger partial charge in [0, 0.05) is 19.1 Å². The summed E-state index contributed by atoms with van der Waals surface area (Å²) in [5.41, 5.74) is 0.822. The van der Waals surface area contributed by atoms with Gasteiger partial charge in [-0.2, -0.15) is 0 Å². The molecule has 0 aromatic heterocycles. The number of esters is 1. The Kier molecular flexibility index (Phi) is 5.82. The first-order valence-corrected chi connectivity index (χ1v) is 6.48. The maximum Gasteiger partial charge on any atom is 0.344 e. The van der Waals surface area contributed by atoms with Crippen molar-refractivity contribution in [2.24, 2.45) is 0 Å². The Bertz CT molecular complexity index is 502. The van der Waals surface area contributed by atoms with Crippen molar-refractivity contribution in [1.29, 1.82) is 0 Å². The molecule has 0 fully saturated rings. The van der Waals surface area contributed by atoms with Crippen LogP contribution in [0.2, 0.25) is 5.02 Å². The zero-order chi connectivity index (χ0) is 15.3. The van der Waals surface area contributed by atoms with E-state index in [9.17, 15) is 9.59 Å². The number of benzene rings is 1. The lowest BCUT2D eigenvalue weighted by molar-refractivity contribution is -0.159. The predicted octanol–water partition coefficient (Wildman–Crippen LogP) is 2.05. The van der Waals surface area contributed by atoms with Crippen LogP contribution in [0.25, 0.3) is 0 Å². The Labute approximate surface area is 123 Å². The molecule has 20 heavy (non-hydrogen) atoms. The van der Waals surface area contributed by atoms with Crippen molar-refractivity contribution in [3.63, 3.8) is 0 Å². The van der Waals surface area contributed by atoms with E-state index in [-0.39, 0.29) is 12.5 Å². The molecular formula is C14H18ClNO4. The van der Waals surface area contributed by atoms with E-state index < -0.39 is 12.1 Å². The van der Waals surface area contributed by atoms with Gasteiger partial charge in [-0.1, -0.05) is 11.6 Å². The number of hydrogen-bond acceptors (Lipinski definition) is 4. The molecule has 1 aromatic rings. The van der Waals surface area contributed by atoms with Gasteiger partial charge in [-0.15, -0.1) is 0 Å². The molecule has 5 nitrogen and oxygen atoms in total. The quantitative estimate of drug-likeness (QED) is 0.781. The number of amides is 1. The minimum absolute atomic E-state index is 0.256. The number of likely N-dealkylation sites (N-methyl/N-ethyl adjacent to an activating group) is 1. The van der Waals surface area contributed by atoms with E-state index in [4.69, 9.17) is 21.1 Å². The Morgan fingerprint density at radius 2 is 2.00 bits per heavy atom. The zero-order valence-corrected chi connectivity index (χ0v) is 12.7. The van der Waals surface area contributed by atoms with E-state index >= 15 is 0 Å². The van der Waals surface area contributed by atoms with Crippen LogP contribution in [0.3, 0.4) is 0 Å². The van der Waals surface area contributed by atoms with Crippen molar-refractivity contribution in [3.05, 3.63) is 28.8 Å². The van der Waals surface area contributed by atoms with Gasteiger partial charge in [-0.05, 0) is 37.6 Å². The van der Waals surface area contributed by atoms with Crippen LogP contribution in [0, 0.1) is 6.92 Å². The van der Waals surface area contributed by atoms with Crippen LogP contribution in [0.5, 0.6) is 5.75 Å². The first-order valence-electron chi connectivity index (χ1n) is 6.11. The monoisotopic (exact) mass is 299 g/mol. The van der Waals surface area contributed by atoms with Crippen LogP contribution >= 0.6 is 11.6 Å². The fourth-order valence-electron chi connectivity index (χ4n) is 1.56. The summed E-state index contributed by atoms with van der Waals surface area (Å²) in [5.74, 6) is -0.319. The Morgan fingerprint density at radius 1 is 1.35 bits per heavy atom. The van der Waals surface area contributed by atoms with Crippen LogP contribution < -0.4 is 4.74 Å². The summed E-state index contributed by atoms with van der Waals surface area (Å²) in [4.78, 5) is 24.5. The third-order valence-corrected chi connectivity index (χ3v) is 2.81. The lowest BCUT2D eigenvalue weighted by atomic mass is 10.2. The first-order chi connectivity index (χ1) is 9.31. The molecule has 0 aliphatic rings. The molecule has 0 aliphatic heterocycles. The number of ether oxygens (including phenoxy) is 2. The van der Waals surface area contributed by atoms with Gasteiger partial charge < -0.3 is 14.4 Å². The van der Waals surface area contributed by atoms with Crippen molar-refractivity contribution >= 4 is 23.5 Å². The van der Waals surface area contributed by atoms with E-state index in [0.29, 0.717) is 10.8 Å². The summed E-state index contributed by atoms with van der Waals surface area (Å²) in [6.45, 7) is 3.09. The highest BCUT2D eigenvalue weighted by molar-refractivity contribution is 6.30. The third-order valence-electron chi connectivity index (χ3n) is 2.58. The largest absolute Gasteiger partial charge is 0.482 e. The highest BCUT2D eigenvalue weighted by Gasteiger charge is 2.19. The normalized spacial score (nSPS) is 11.7. The van der Waals surface area contributed by atoms with Gasteiger partial charge in [-0.3, -0.25) is 4.79 Å². The minimum Gasteiger partial charge on any atom is -0.482 e. The van der Waals surface area contributed by atoms with E-state index in [2.05, 4.69) is 0 Å². The fourth-order valence-corrected chi connectivity index (χ4v) is 1.78. The molecule has 1 aromatic carbocycles. The lowest BCUT2D eigenvalue weighted by Crippen LogP contribution is -2.35. The summed E-state index contributed by atoms with van der Waals surface area (Å²) in [6.07, 6.45) is -0.826. The van der Waals surface area contributed by atoms with Gasteiger partial charge in [-0.25, -0.2) is 4.79 Å². The van der Waals surface area contributed by atoms with E-state index in [1.807, 2.05) is 6.92 Å². The lowest BCUT2D eigenvalue weighted by Gasteiger charge is -2.17. The molecular weight excluding hydrogens is 282 g/mol. The molecule has 0 bridgehead atoms. The molecule has 6 heteroatoms. The molecule has 0 N–H and O–H groups in total. The second-order valence-corrected chi connectivity index (χ2v) is 5.00. The molecule has 1 amide bonds. The molecule has 110 valence electrons. The highest BCUT2D eigenvalue weighted by Crippen LogP contribution is 2.21. The Balaban J connectivity index is 2.49. The SMILES string of the molecule is Cc1cc(Cl)ccc1OCC(=O)O[C@@H](C)C(=O)N(C)C. The first kappa shape index (κ1) is 16.3. The number of aryl methyl sites for hydroxylation is 1. The van der Waals surface area contributed by atoms with Crippen molar-refractivity contribution < 1.29 is 19.1 Å². The molecule has 0 saturated heterocycles. The third kappa shape index (κ3) is 4.74. The second kappa shape index (κ2) is 7.14. The van der Waals surface area contributed by atoms with Crippen LogP contribution in [-0.4, -0.2) is 43.6 Å². The number of carbonyl (C=O) groups excluding carboxylic acids is 2. The topological polar surface area (TPSA) is 55.8 Å². The predicted molar refractivity (Wildman–Crippen MR) is 75.9 cm³/mol. The van der Waals surface area contributed by atoms with Crippen molar-refractivity contribution in [3.8, 4) is 5.75 Å². The molecule has 0 spiro atoms. The summed E-state index contributed by atoms with van der Waals surface area (Å²) >= 11 is 5.82. The zero-order valence-electron chi connectivity index (χ0n) is 12.0. The van der Waals surface area contributed by atoms with Gasteiger partial charge >= 0.3 is 5.97 Å².